The van der Waals surface area contributed by atoms with Gasteiger partial charge in [0.2, 0.25) is 0 Å². The van der Waals surface area contributed by atoms with Gasteiger partial charge in [-0.2, -0.15) is 0 Å². The average molecular weight is 283 g/mol. The summed E-state index contributed by atoms with van der Waals surface area (Å²) >= 11 is 1.65. The summed E-state index contributed by atoms with van der Waals surface area (Å²) in [5.41, 5.74) is 0.798. The Morgan fingerprint density at radius 1 is 1.42 bits per heavy atom. The maximum Gasteiger partial charge on any atom is 0.312 e. The summed E-state index contributed by atoms with van der Waals surface area (Å²) < 4.78 is 0. The molecule has 0 aliphatic heterocycles. The Morgan fingerprint density at radius 3 is 2.79 bits per heavy atom. The van der Waals surface area contributed by atoms with Gasteiger partial charge in [0.15, 0.2) is 5.13 Å². The van der Waals surface area contributed by atoms with Gasteiger partial charge in [0.05, 0.1) is 5.69 Å². The van der Waals surface area contributed by atoms with Gasteiger partial charge in [-0.05, 0) is 39.9 Å². The van der Waals surface area contributed by atoms with Crippen LogP contribution in [0.1, 0.15) is 29.3 Å². The van der Waals surface area contributed by atoms with Crippen molar-refractivity contribution in [2.24, 2.45) is 0 Å². The van der Waals surface area contributed by atoms with E-state index in [1.807, 2.05) is 7.05 Å². The molecule has 0 saturated carbocycles. The van der Waals surface area contributed by atoms with Crippen LogP contribution in [0.2, 0.25) is 0 Å². The van der Waals surface area contributed by atoms with E-state index >= 15 is 0 Å². The SMILES string of the molecule is CN(C)CCCN(C)c1nc2c(s1)CCC2C(=O)O. The molecule has 1 unspecified atom stereocenters. The Hall–Kier alpha value is -1.14. The third-order valence-corrected chi connectivity index (χ3v) is 4.68. The molecular weight excluding hydrogens is 262 g/mol. The summed E-state index contributed by atoms with van der Waals surface area (Å²) in [4.78, 5) is 21.1. The van der Waals surface area contributed by atoms with Crippen LogP contribution in [0.15, 0.2) is 0 Å². The molecule has 0 amide bonds. The monoisotopic (exact) mass is 283 g/mol. The zero-order valence-corrected chi connectivity index (χ0v) is 12.5. The van der Waals surface area contributed by atoms with Crippen LogP contribution in [0.5, 0.6) is 0 Å². The van der Waals surface area contributed by atoms with Crippen LogP contribution in [0.25, 0.3) is 0 Å². The molecule has 0 aromatic carbocycles. The Kier molecular flexibility index (Phi) is 4.42. The predicted octanol–water partition coefficient (Wildman–Crippen LogP) is 1.65. The predicted molar refractivity (Wildman–Crippen MR) is 77.3 cm³/mol. The van der Waals surface area contributed by atoms with E-state index in [-0.39, 0.29) is 0 Å². The van der Waals surface area contributed by atoms with Crippen LogP contribution in [0, 0.1) is 0 Å². The lowest BCUT2D eigenvalue weighted by Crippen LogP contribution is -2.23. The summed E-state index contributed by atoms with van der Waals surface area (Å²) in [6.45, 7) is 2.00. The highest BCUT2D eigenvalue weighted by Gasteiger charge is 2.32. The number of fused-ring (bicyclic) bond motifs is 1. The minimum absolute atomic E-state index is 0.393. The van der Waals surface area contributed by atoms with Gasteiger partial charge in [-0.1, -0.05) is 0 Å². The molecule has 2 rings (SSSR count). The van der Waals surface area contributed by atoms with E-state index in [4.69, 9.17) is 5.11 Å². The largest absolute Gasteiger partial charge is 0.481 e. The Balaban J connectivity index is 1.99. The highest BCUT2D eigenvalue weighted by molar-refractivity contribution is 7.15. The zero-order chi connectivity index (χ0) is 14.0. The molecule has 6 heteroatoms. The minimum Gasteiger partial charge on any atom is -0.481 e. The molecule has 0 radical (unpaired) electrons. The second-order valence-corrected chi connectivity index (χ2v) is 6.37. The summed E-state index contributed by atoms with van der Waals surface area (Å²) in [6.07, 6.45) is 2.64. The average Bonchev–Trinajstić information content (AvgIpc) is 2.86. The second-order valence-electron chi connectivity index (χ2n) is 5.31. The fraction of sp³-hybridized carbons (Fsp3) is 0.692. The van der Waals surface area contributed by atoms with Gasteiger partial charge in [0.25, 0.3) is 0 Å². The van der Waals surface area contributed by atoms with Crippen LogP contribution >= 0.6 is 11.3 Å². The van der Waals surface area contributed by atoms with Gasteiger partial charge >= 0.3 is 5.97 Å². The van der Waals surface area contributed by atoms with Gasteiger partial charge in [0.1, 0.15) is 5.92 Å². The van der Waals surface area contributed by atoms with Gasteiger partial charge in [-0.15, -0.1) is 11.3 Å². The van der Waals surface area contributed by atoms with Crippen molar-refractivity contribution in [1.29, 1.82) is 0 Å². The normalized spacial score (nSPS) is 17.8. The Bertz CT molecular complexity index is 459. The summed E-state index contributed by atoms with van der Waals surface area (Å²) in [5.74, 6) is -1.14. The first-order valence-corrected chi connectivity index (χ1v) is 7.39. The molecular formula is C13H21N3O2S. The maximum absolute atomic E-state index is 11.1. The summed E-state index contributed by atoms with van der Waals surface area (Å²) in [7, 11) is 6.16. The molecule has 1 aromatic rings. The molecule has 0 fully saturated rings. The molecule has 106 valence electrons. The van der Waals surface area contributed by atoms with Gasteiger partial charge in [-0.3, -0.25) is 4.79 Å². The fourth-order valence-electron chi connectivity index (χ4n) is 2.34. The number of rotatable bonds is 6. The lowest BCUT2D eigenvalue weighted by atomic mass is 10.1. The topological polar surface area (TPSA) is 56.7 Å². The maximum atomic E-state index is 11.1. The van der Waals surface area contributed by atoms with Crippen molar-refractivity contribution in [1.82, 2.24) is 9.88 Å². The first-order valence-electron chi connectivity index (χ1n) is 6.57. The van der Waals surface area contributed by atoms with Crippen molar-refractivity contribution in [2.45, 2.75) is 25.2 Å². The van der Waals surface area contributed by atoms with E-state index in [0.717, 1.165) is 41.6 Å². The fourth-order valence-corrected chi connectivity index (χ4v) is 3.46. The molecule has 0 spiro atoms. The summed E-state index contributed by atoms with van der Waals surface area (Å²) in [6, 6.07) is 0. The molecule has 5 nitrogen and oxygen atoms in total. The third-order valence-electron chi connectivity index (χ3n) is 3.43. The van der Waals surface area contributed by atoms with E-state index in [9.17, 15) is 4.79 Å². The van der Waals surface area contributed by atoms with Crippen molar-refractivity contribution in [3.8, 4) is 0 Å². The van der Waals surface area contributed by atoms with Crippen molar-refractivity contribution < 1.29 is 9.90 Å². The van der Waals surface area contributed by atoms with E-state index in [2.05, 4.69) is 28.9 Å². The smallest absolute Gasteiger partial charge is 0.312 e. The Labute approximate surface area is 117 Å². The van der Waals surface area contributed by atoms with Crippen LogP contribution in [0.3, 0.4) is 0 Å². The molecule has 1 heterocycles. The Morgan fingerprint density at radius 2 is 2.16 bits per heavy atom. The summed E-state index contributed by atoms with van der Waals surface area (Å²) in [5, 5.41) is 10.1. The number of hydrogen-bond acceptors (Lipinski definition) is 5. The first kappa shape index (κ1) is 14.3. The number of hydrogen-bond donors (Lipinski definition) is 1. The number of aromatic nitrogens is 1. The quantitative estimate of drug-likeness (QED) is 0.860. The number of carboxylic acid groups (broad SMARTS) is 1. The van der Waals surface area contributed by atoms with Crippen LogP contribution in [-0.2, 0) is 11.2 Å². The highest BCUT2D eigenvalue weighted by atomic mass is 32.1. The van der Waals surface area contributed by atoms with Crippen LogP contribution in [0.4, 0.5) is 5.13 Å². The number of nitrogens with zero attached hydrogens (tertiary/aromatic N) is 3. The number of anilines is 1. The van der Waals surface area contributed by atoms with Crippen molar-refractivity contribution in [3.63, 3.8) is 0 Å². The number of carboxylic acids is 1. The van der Waals surface area contributed by atoms with Crippen molar-refractivity contribution in [3.05, 3.63) is 10.6 Å². The molecule has 19 heavy (non-hydrogen) atoms. The van der Waals surface area contributed by atoms with Gasteiger partial charge in [-0.25, -0.2) is 4.98 Å². The molecule has 1 aliphatic rings. The lowest BCUT2D eigenvalue weighted by molar-refractivity contribution is -0.138. The molecule has 0 saturated heterocycles. The van der Waals surface area contributed by atoms with E-state index in [1.54, 1.807) is 11.3 Å². The van der Waals surface area contributed by atoms with Crippen LogP contribution in [-0.4, -0.2) is 55.2 Å². The van der Waals surface area contributed by atoms with Crippen LogP contribution < -0.4 is 4.90 Å². The highest BCUT2D eigenvalue weighted by Crippen LogP contribution is 2.39. The van der Waals surface area contributed by atoms with Crippen molar-refractivity contribution >= 4 is 22.4 Å². The zero-order valence-electron chi connectivity index (χ0n) is 11.7. The van der Waals surface area contributed by atoms with E-state index in [1.165, 1.54) is 0 Å². The number of aliphatic carboxylic acids is 1. The molecule has 1 aromatic heterocycles. The minimum atomic E-state index is -0.745. The number of carbonyl (C=O) groups is 1. The van der Waals surface area contributed by atoms with E-state index < -0.39 is 11.9 Å². The molecule has 0 bridgehead atoms. The number of thiazole rings is 1. The number of aryl methyl sites for hydroxylation is 1. The third kappa shape index (κ3) is 3.25. The second kappa shape index (κ2) is 5.88. The molecule has 1 atom stereocenters. The molecule has 1 aliphatic carbocycles. The standard InChI is InChI=1S/C13H21N3O2S/c1-15(2)7-4-8-16(3)13-14-11-9(12(17)18)5-6-10(11)19-13/h9H,4-8H2,1-3H3,(H,17,18). The lowest BCUT2D eigenvalue weighted by Gasteiger charge is -2.17. The van der Waals surface area contributed by atoms with Gasteiger partial charge < -0.3 is 14.9 Å². The molecule has 1 N–H and O–H groups in total. The van der Waals surface area contributed by atoms with E-state index in [0.29, 0.717) is 6.42 Å². The first-order chi connectivity index (χ1) is 8.99. The van der Waals surface area contributed by atoms with Gasteiger partial charge in [0, 0.05) is 18.5 Å². The van der Waals surface area contributed by atoms with Crippen molar-refractivity contribution in [2.75, 3.05) is 39.1 Å².